The molecule has 10 heteroatoms. The largest absolute Gasteiger partial charge is 0.481 e. The minimum Gasteiger partial charge on any atom is -0.481 e. The Hall–Kier alpha value is -1.75. The Kier molecular flexibility index (Phi) is 15.9. The first-order chi connectivity index (χ1) is 15.1. The zero-order valence-corrected chi connectivity index (χ0v) is 19.5. The molecule has 2 rings (SSSR count). The van der Waals surface area contributed by atoms with Crippen molar-refractivity contribution >= 4 is 17.8 Å². The van der Waals surface area contributed by atoms with Gasteiger partial charge in [0.2, 0.25) is 6.29 Å². The van der Waals surface area contributed by atoms with Crippen LogP contribution in [-0.2, 0) is 14.4 Å². The standard InChI is InChI=1S/2C8H15NO2.C6H13NO3/c2*9-5-6-1-3-7(4-2-6)8(10)11;1-3-7(4-2)5(8)6(9)10/h2*6-7H,1-5,9H2,(H,10,11);6,9-10H,3-4H2,1-2H3/t2*6-,7-;. The van der Waals surface area contributed by atoms with Crippen molar-refractivity contribution in [2.24, 2.45) is 35.1 Å². The lowest BCUT2D eigenvalue weighted by Crippen LogP contribution is -2.38. The van der Waals surface area contributed by atoms with E-state index in [-0.39, 0.29) is 11.8 Å². The highest BCUT2D eigenvalue weighted by Gasteiger charge is 2.25. The summed E-state index contributed by atoms with van der Waals surface area (Å²) in [6.07, 6.45) is 5.38. The molecule has 0 saturated heterocycles. The molecule has 0 radical (unpaired) electrons. The normalized spacial score (nSPS) is 25.0. The lowest BCUT2D eigenvalue weighted by molar-refractivity contribution is -0.158. The molecule has 2 aliphatic carbocycles. The van der Waals surface area contributed by atoms with Crippen LogP contribution in [0, 0.1) is 23.7 Å². The molecule has 0 heterocycles. The number of aliphatic hydroxyl groups excluding tert-OH is 1. The SMILES string of the molecule is CCN(CC)C(=O)C(O)O.NC[C@H]1CC[C@H](C(=O)O)CC1.NC[C@H]1CC[C@H](C(=O)O)CC1. The smallest absolute Gasteiger partial charge is 0.306 e. The quantitative estimate of drug-likeness (QED) is 0.298. The number of carbonyl (C=O) groups excluding carboxylic acids is 1. The second-order valence-corrected chi connectivity index (χ2v) is 8.47. The molecular formula is C22H43N3O7. The number of carbonyl (C=O) groups is 3. The number of nitrogens with zero attached hydrogens (tertiary/aromatic N) is 1. The molecule has 1 amide bonds. The van der Waals surface area contributed by atoms with Gasteiger partial charge < -0.3 is 36.8 Å². The first-order valence-corrected chi connectivity index (χ1v) is 11.6. The number of hydrogen-bond donors (Lipinski definition) is 6. The first-order valence-electron chi connectivity index (χ1n) is 11.6. The third-order valence-electron chi connectivity index (χ3n) is 6.35. The molecule has 32 heavy (non-hydrogen) atoms. The molecule has 2 saturated carbocycles. The van der Waals surface area contributed by atoms with Gasteiger partial charge in [0.1, 0.15) is 0 Å². The van der Waals surface area contributed by atoms with Gasteiger partial charge in [0.25, 0.3) is 5.91 Å². The molecule has 0 unspecified atom stereocenters. The van der Waals surface area contributed by atoms with Crippen molar-refractivity contribution in [1.82, 2.24) is 4.90 Å². The Morgan fingerprint density at radius 1 is 0.750 bits per heavy atom. The highest BCUT2D eigenvalue weighted by Crippen LogP contribution is 2.28. The van der Waals surface area contributed by atoms with Gasteiger partial charge in [0.05, 0.1) is 11.8 Å². The van der Waals surface area contributed by atoms with Crippen LogP contribution < -0.4 is 11.5 Å². The van der Waals surface area contributed by atoms with Gasteiger partial charge in [0, 0.05) is 13.1 Å². The highest BCUT2D eigenvalue weighted by atomic mass is 16.5. The van der Waals surface area contributed by atoms with Crippen LogP contribution in [0.1, 0.15) is 65.2 Å². The number of hydrogen-bond acceptors (Lipinski definition) is 7. The van der Waals surface area contributed by atoms with Gasteiger partial charge in [0.15, 0.2) is 0 Å². The van der Waals surface area contributed by atoms with Gasteiger partial charge in [-0.15, -0.1) is 0 Å². The molecule has 2 aliphatic rings. The fourth-order valence-corrected chi connectivity index (χ4v) is 3.99. The molecule has 0 aliphatic heterocycles. The van der Waals surface area contributed by atoms with Crippen molar-refractivity contribution in [3.05, 3.63) is 0 Å². The monoisotopic (exact) mass is 461 g/mol. The molecule has 0 atom stereocenters. The summed E-state index contributed by atoms with van der Waals surface area (Å²) in [6.45, 7) is 6.01. The summed E-state index contributed by atoms with van der Waals surface area (Å²) in [5.74, 6) is -0.960. The third kappa shape index (κ3) is 11.8. The predicted molar refractivity (Wildman–Crippen MR) is 120 cm³/mol. The topological polar surface area (TPSA) is 187 Å². The minimum absolute atomic E-state index is 0.0993. The van der Waals surface area contributed by atoms with Crippen LogP contribution in [-0.4, -0.2) is 75.6 Å². The number of rotatable bonds is 7. The number of likely N-dealkylation sites (N-methyl/N-ethyl adjacent to an activating group) is 1. The fourth-order valence-electron chi connectivity index (χ4n) is 3.99. The Morgan fingerprint density at radius 3 is 1.22 bits per heavy atom. The Labute approximate surface area is 191 Å². The summed E-state index contributed by atoms with van der Waals surface area (Å²) < 4.78 is 0. The highest BCUT2D eigenvalue weighted by molar-refractivity contribution is 5.78. The van der Waals surface area contributed by atoms with Crippen molar-refractivity contribution in [1.29, 1.82) is 0 Å². The fraction of sp³-hybridized carbons (Fsp3) is 0.864. The van der Waals surface area contributed by atoms with Gasteiger partial charge in [-0.2, -0.15) is 0 Å². The van der Waals surface area contributed by atoms with Gasteiger partial charge in [-0.1, -0.05) is 0 Å². The minimum atomic E-state index is -1.86. The van der Waals surface area contributed by atoms with E-state index < -0.39 is 24.1 Å². The molecule has 10 nitrogen and oxygen atoms in total. The first kappa shape index (κ1) is 30.2. The summed E-state index contributed by atoms with van der Waals surface area (Å²) in [6, 6.07) is 0. The maximum absolute atomic E-state index is 10.7. The number of amides is 1. The molecule has 2 fully saturated rings. The average molecular weight is 462 g/mol. The molecule has 188 valence electrons. The summed E-state index contributed by atoms with van der Waals surface area (Å²) >= 11 is 0. The van der Waals surface area contributed by atoms with Crippen molar-refractivity contribution in [3.63, 3.8) is 0 Å². The summed E-state index contributed by atoms with van der Waals surface area (Å²) in [4.78, 5) is 33.1. The van der Waals surface area contributed by atoms with Crippen LogP contribution >= 0.6 is 0 Å². The van der Waals surface area contributed by atoms with E-state index in [2.05, 4.69) is 0 Å². The number of aliphatic hydroxyl groups is 2. The van der Waals surface area contributed by atoms with Crippen molar-refractivity contribution in [2.75, 3.05) is 26.2 Å². The van der Waals surface area contributed by atoms with Crippen LogP contribution in [0.15, 0.2) is 0 Å². The molecule has 0 aromatic carbocycles. The lowest BCUT2D eigenvalue weighted by Gasteiger charge is -2.24. The summed E-state index contributed by atoms with van der Waals surface area (Å²) in [5, 5.41) is 34.2. The summed E-state index contributed by atoms with van der Waals surface area (Å²) in [7, 11) is 0. The van der Waals surface area contributed by atoms with E-state index >= 15 is 0 Å². The number of nitrogens with two attached hydrogens (primary N) is 2. The molecule has 0 aromatic rings. The maximum atomic E-state index is 10.7. The Morgan fingerprint density at radius 2 is 1.06 bits per heavy atom. The van der Waals surface area contributed by atoms with Crippen LogP contribution in [0.25, 0.3) is 0 Å². The van der Waals surface area contributed by atoms with Crippen LogP contribution in [0.5, 0.6) is 0 Å². The van der Waals surface area contributed by atoms with E-state index in [1.54, 1.807) is 13.8 Å². The van der Waals surface area contributed by atoms with Crippen molar-refractivity contribution in [3.8, 4) is 0 Å². The van der Waals surface area contributed by atoms with Crippen LogP contribution in [0.2, 0.25) is 0 Å². The van der Waals surface area contributed by atoms with Crippen molar-refractivity contribution in [2.45, 2.75) is 71.5 Å². The molecule has 0 bridgehead atoms. The lowest BCUT2D eigenvalue weighted by atomic mass is 9.82. The van der Waals surface area contributed by atoms with E-state index in [9.17, 15) is 14.4 Å². The van der Waals surface area contributed by atoms with E-state index in [1.807, 2.05) is 0 Å². The zero-order valence-electron chi connectivity index (χ0n) is 19.5. The second kappa shape index (κ2) is 16.8. The molecule has 0 aromatic heterocycles. The number of aliphatic carboxylic acids is 2. The van der Waals surface area contributed by atoms with Gasteiger partial charge in [-0.05, 0) is 90.1 Å². The zero-order chi connectivity index (χ0) is 24.7. The molecule has 0 spiro atoms. The Balaban J connectivity index is 0.000000452. The number of carboxylic acid groups (broad SMARTS) is 2. The number of carboxylic acids is 2. The molecule has 8 N–H and O–H groups in total. The summed E-state index contributed by atoms with van der Waals surface area (Å²) in [5.41, 5.74) is 11.0. The van der Waals surface area contributed by atoms with Crippen LogP contribution in [0.4, 0.5) is 0 Å². The van der Waals surface area contributed by atoms with Gasteiger partial charge >= 0.3 is 11.9 Å². The molecular weight excluding hydrogens is 418 g/mol. The second-order valence-electron chi connectivity index (χ2n) is 8.47. The third-order valence-corrected chi connectivity index (χ3v) is 6.35. The van der Waals surface area contributed by atoms with E-state index in [4.69, 9.17) is 31.9 Å². The van der Waals surface area contributed by atoms with Gasteiger partial charge in [-0.25, -0.2) is 0 Å². The predicted octanol–water partition coefficient (Wildman–Crippen LogP) is 0.838. The maximum Gasteiger partial charge on any atom is 0.306 e. The van der Waals surface area contributed by atoms with E-state index in [1.165, 1.54) is 4.90 Å². The average Bonchev–Trinajstić information content (AvgIpc) is 2.80. The van der Waals surface area contributed by atoms with Crippen LogP contribution in [0.3, 0.4) is 0 Å². The van der Waals surface area contributed by atoms with Crippen molar-refractivity contribution < 1.29 is 34.8 Å². The van der Waals surface area contributed by atoms with E-state index in [0.29, 0.717) is 38.0 Å². The Bertz CT molecular complexity index is 506. The van der Waals surface area contributed by atoms with Gasteiger partial charge in [-0.3, -0.25) is 14.4 Å². The van der Waals surface area contributed by atoms with E-state index in [0.717, 1.165) is 51.4 Å².